The minimum absolute atomic E-state index is 0.0700. The summed E-state index contributed by atoms with van der Waals surface area (Å²) in [5.74, 6) is -2.52. The van der Waals surface area contributed by atoms with Crippen LogP contribution in [0.25, 0.3) is 38.5 Å². The molecule has 12 nitrogen and oxygen atoms in total. The van der Waals surface area contributed by atoms with Gasteiger partial charge in [-0.1, -0.05) is 34.6 Å². The van der Waals surface area contributed by atoms with E-state index in [-0.39, 0.29) is 33.3 Å². The molecule has 0 bridgehead atoms. The van der Waals surface area contributed by atoms with Crippen molar-refractivity contribution in [3.8, 4) is 11.5 Å². The van der Waals surface area contributed by atoms with Crippen molar-refractivity contribution in [3.05, 3.63) is 89.4 Å². The van der Waals surface area contributed by atoms with E-state index in [1.54, 1.807) is 6.07 Å². The second kappa shape index (κ2) is 12.2. The Morgan fingerprint density at radius 3 is 2.57 bits per heavy atom. The molecule has 12 heteroatoms. The SMILES string of the molecule is CC.COc1cc(C(=O)N=[N+]=[N-])c2c(O)c(C(=O)/C=C/c3cc4cc5c6c(c4oc3=O)C(C)(C)CCN6CCC5C)c(=O)oc2c1. The Hall–Kier alpha value is -5.35. The number of anilines is 1. The van der Waals surface area contributed by atoms with E-state index in [2.05, 4.69) is 35.7 Å². The molecule has 0 spiro atoms. The standard InChI is InChI=1S/C32H28N4O8.C2H6/c1-15-7-9-36-10-8-32(2,3)25-26(36)19(15)12-17-11-16(30(40)44-28(17)25)5-6-21(37)24-27(38)23-20(29(39)34-35-33)13-18(42-4)14-22(23)43-31(24)41;1-2/h5-6,11-15,38H,7-10H2,1-4H3;1-2H3/b6-5+;. The summed E-state index contributed by atoms with van der Waals surface area (Å²) >= 11 is 0. The first-order valence-corrected chi connectivity index (χ1v) is 15.0. The minimum atomic E-state index is -1.18. The number of azide groups is 1. The summed E-state index contributed by atoms with van der Waals surface area (Å²) in [6.07, 6.45) is 4.08. The van der Waals surface area contributed by atoms with Crippen molar-refractivity contribution in [2.24, 2.45) is 5.11 Å². The van der Waals surface area contributed by atoms with Gasteiger partial charge in [0.1, 0.15) is 28.2 Å². The van der Waals surface area contributed by atoms with Crippen LogP contribution in [-0.4, -0.2) is 37.0 Å². The van der Waals surface area contributed by atoms with Gasteiger partial charge in [0, 0.05) is 46.3 Å². The fourth-order valence-corrected chi connectivity index (χ4v) is 6.27. The van der Waals surface area contributed by atoms with E-state index in [1.807, 2.05) is 19.9 Å². The molecule has 0 saturated carbocycles. The summed E-state index contributed by atoms with van der Waals surface area (Å²) in [6, 6.07) is 6.11. The molecule has 238 valence electrons. The van der Waals surface area contributed by atoms with Crippen molar-refractivity contribution in [3.63, 3.8) is 0 Å². The second-order valence-corrected chi connectivity index (χ2v) is 11.8. The Morgan fingerprint density at radius 1 is 1.13 bits per heavy atom. The molecule has 2 aromatic heterocycles. The molecule has 0 radical (unpaired) electrons. The first-order chi connectivity index (χ1) is 21.9. The number of nitrogens with zero attached hydrogens (tertiary/aromatic N) is 4. The van der Waals surface area contributed by atoms with Gasteiger partial charge < -0.3 is 23.6 Å². The molecule has 1 unspecified atom stereocenters. The van der Waals surface area contributed by atoms with E-state index in [1.165, 1.54) is 30.9 Å². The van der Waals surface area contributed by atoms with Gasteiger partial charge in [0.15, 0.2) is 5.78 Å². The van der Waals surface area contributed by atoms with Crippen molar-refractivity contribution >= 4 is 45.4 Å². The van der Waals surface area contributed by atoms with E-state index < -0.39 is 34.3 Å². The summed E-state index contributed by atoms with van der Waals surface area (Å²) in [5.41, 5.74) is 9.22. The Labute approximate surface area is 263 Å². The summed E-state index contributed by atoms with van der Waals surface area (Å²) in [7, 11) is 1.30. The van der Waals surface area contributed by atoms with Gasteiger partial charge in [0.05, 0.1) is 18.1 Å². The molecule has 4 aromatic rings. The summed E-state index contributed by atoms with van der Waals surface area (Å²) in [4.78, 5) is 56.5. The second-order valence-electron chi connectivity index (χ2n) is 11.8. The Morgan fingerprint density at radius 2 is 1.87 bits per heavy atom. The van der Waals surface area contributed by atoms with Gasteiger partial charge in [-0.15, -0.1) is 0 Å². The molecular weight excluding hydrogens is 592 g/mol. The highest BCUT2D eigenvalue weighted by Gasteiger charge is 2.38. The van der Waals surface area contributed by atoms with Crippen LogP contribution in [0.5, 0.6) is 11.5 Å². The van der Waals surface area contributed by atoms with Crippen LogP contribution < -0.4 is 20.9 Å². The zero-order valence-corrected chi connectivity index (χ0v) is 26.5. The van der Waals surface area contributed by atoms with Gasteiger partial charge >= 0.3 is 11.3 Å². The molecular formula is C34H34N4O8. The third-order valence-corrected chi connectivity index (χ3v) is 8.63. The largest absolute Gasteiger partial charge is 0.506 e. The Balaban J connectivity index is 0.00000204. The molecule has 0 aliphatic carbocycles. The van der Waals surface area contributed by atoms with Crippen molar-refractivity contribution in [2.75, 3.05) is 25.1 Å². The first-order valence-electron chi connectivity index (χ1n) is 15.0. The fourth-order valence-electron chi connectivity index (χ4n) is 6.27. The number of methoxy groups -OCH3 is 1. The number of allylic oxidation sites excluding steroid dienone is 1. The number of ketones is 1. The number of hydrogen-bond donors (Lipinski definition) is 1. The third-order valence-electron chi connectivity index (χ3n) is 8.63. The van der Waals surface area contributed by atoms with Crippen LogP contribution in [0.1, 0.15) is 90.8 Å². The average Bonchev–Trinajstić information content (AvgIpc) is 3.02. The normalized spacial score (nSPS) is 16.4. The quantitative estimate of drug-likeness (QED) is 0.0611. The highest BCUT2D eigenvalue weighted by Crippen LogP contribution is 2.50. The summed E-state index contributed by atoms with van der Waals surface area (Å²) < 4.78 is 16.2. The lowest BCUT2D eigenvalue weighted by Crippen LogP contribution is -2.41. The van der Waals surface area contributed by atoms with Crippen molar-refractivity contribution in [2.45, 2.75) is 58.8 Å². The molecule has 1 amide bonds. The molecule has 4 heterocycles. The number of hydrogen-bond acceptors (Lipinski definition) is 9. The molecule has 1 atom stereocenters. The first kappa shape index (κ1) is 32.1. The number of fused-ring (bicyclic) bond motifs is 3. The summed E-state index contributed by atoms with van der Waals surface area (Å²) in [6.45, 7) is 12.4. The highest BCUT2D eigenvalue weighted by atomic mass is 16.5. The highest BCUT2D eigenvalue weighted by molar-refractivity contribution is 6.15. The van der Waals surface area contributed by atoms with Crippen molar-refractivity contribution in [1.82, 2.24) is 0 Å². The van der Waals surface area contributed by atoms with E-state index in [0.29, 0.717) is 11.5 Å². The number of carbonyl (C=O) groups is 2. The summed E-state index contributed by atoms with van der Waals surface area (Å²) in [5, 5.41) is 14.4. The van der Waals surface area contributed by atoms with Gasteiger partial charge in [-0.05, 0) is 70.7 Å². The monoisotopic (exact) mass is 626 g/mol. The van der Waals surface area contributed by atoms with Gasteiger partial charge in [-0.3, -0.25) is 9.59 Å². The molecule has 2 aliphatic heterocycles. The number of benzene rings is 2. The minimum Gasteiger partial charge on any atom is -0.506 e. The lowest BCUT2D eigenvalue weighted by atomic mass is 9.73. The number of amides is 1. The maximum atomic E-state index is 13.2. The van der Waals surface area contributed by atoms with Crippen LogP contribution in [-0.2, 0) is 5.41 Å². The molecule has 46 heavy (non-hydrogen) atoms. The maximum absolute atomic E-state index is 13.2. The zero-order chi connectivity index (χ0) is 33.5. The van der Waals surface area contributed by atoms with Crippen LogP contribution in [0.2, 0.25) is 0 Å². The van der Waals surface area contributed by atoms with Crippen LogP contribution in [0, 0.1) is 0 Å². The molecule has 6 rings (SSSR count). The lowest BCUT2D eigenvalue weighted by Gasteiger charge is -2.45. The predicted octanol–water partition coefficient (Wildman–Crippen LogP) is 6.98. The van der Waals surface area contributed by atoms with Gasteiger partial charge in [-0.2, -0.15) is 0 Å². The topological polar surface area (TPSA) is 176 Å². The maximum Gasteiger partial charge on any atom is 0.351 e. The number of carbonyl (C=O) groups excluding carboxylic acids is 2. The van der Waals surface area contributed by atoms with Crippen LogP contribution in [0.15, 0.2) is 53.9 Å². The molecule has 0 fully saturated rings. The average molecular weight is 627 g/mol. The van der Waals surface area contributed by atoms with E-state index in [4.69, 9.17) is 19.1 Å². The van der Waals surface area contributed by atoms with Gasteiger partial charge in [0.2, 0.25) is 5.91 Å². The van der Waals surface area contributed by atoms with Gasteiger partial charge in [-0.25, -0.2) is 9.59 Å². The molecule has 1 N–H and O–H groups in total. The fraction of sp³-hybridized carbons (Fsp3) is 0.353. The van der Waals surface area contributed by atoms with E-state index >= 15 is 0 Å². The Kier molecular flexibility index (Phi) is 8.51. The molecule has 2 aliphatic rings. The van der Waals surface area contributed by atoms with Crippen molar-refractivity contribution in [1.29, 1.82) is 0 Å². The predicted molar refractivity (Wildman–Crippen MR) is 174 cm³/mol. The zero-order valence-electron chi connectivity index (χ0n) is 26.5. The van der Waals surface area contributed by atoms with Crippen molar-refractivity contribution < 1.29 is 28.3 Å². The third kappa shape index (κ3) is 5.30. The van der Waals surface area contributed by atoms with Crippen LogP contribution in [0.3, 0.4) is 0 Å². The van der Waals surface area contributed by atoms with Gasteiger partial charge in [0.25, 0.3) is 0 Å². The van der Waals surface area contributed by atoms with Crippen LogP contribution >= 0.6 is 0 Å². The van der Waals surface area contributed by atoms with Crippen LogP contribution in [0.4, 0.5) is 5.69 Å². The smallest absolute Gasteiger partial charge is 0.351 e. The Bertz CT molecular complexity index is 2120. The van der Waals surface area contributed by atoms with E-state index in [0.717, 1.165) is 48.6 Å². The number of ether oxygens (including phenoxy) is 1. The molecule has 0 saturated heterocycles. The lowest BCUT2D eigenvalue weighted by molar-refractivity contribution is 0.0998. The molecule has 2 aromatic carbocycles. The number of rotatable bonds is 5. The van der Waals surface area contributed by atoms with E-state index in [9.17, 15) is 24.3 Å². The number of aromatic hydroxyl groups is 1.